The highest BCUT2D eigenvalue weighted by molar-refractivity contribution is 5.74. The molecular formula is C18H30N2O. The quantitative estimate of drug-likeness (QED) is 0.399. The Morgan fingerprint density at radius 3 is 2.10 bits per heavy atom. The standard InChI is InChI=1S/C18H30N2O/c1-2-3-4-5-6-7-8-9-10-11-14-19-18-13-12-17(16-21)15-20-18/h12-13,15-16H,2-11,14H2,1H3,(H,19,20). The molecule has 1 heterocycles. The van der Waals surface area contributed by atoms with Crippen molar-refractivity contribution in [3.8, 4) is 0 Å². The van der Waals surface area contributed by atoms with Gasteiger partial charge >= 0.3 is 0 Å². The smallest absolute Gasteiger partial charge is 0.151 e. The minimum atomic E-state index is 0.625. The lowest BCUT2D eigenvalue weighted by atomic mass is 10.1. The predicted octanol–water partition coefficient (Wildman–Crippen LogP) is 5.23. The van der Waals surface area contributed by atoms with Crippen molar-refractivity contribution in [1.29, 1.82) is 0 Å². The SMILES string of the molecule is CCCCCCCCCCCCNc1ccc(C=O)cn1. The van der Waals surface area contributed by atoms with Crippen molar-refractivity contribution < 1.29 is 4.79 Å². The Kier molecular flexibility index (Phi) is 10.4. The molecule has 0 unspecified atom stereocenters. The summed E-state index contributed by atoms with van der Waals surface area (Å²) < 4.78 is 0. The summed E-state index contributed by atoms with van der Waals surface area (Å²) in [6, 6.07) is 3.65. The molecule has 0 saturated carbocycles. The number of carbonyl (C=O) groups is 1. The van der Waals surface area contributed by atoms with Crippen LogP contribution in [0.1, 0.15) is 81.5 Å². The Balaban J connectivity index is 1.89. The van der Waals surface area contributed by atoms with Crippen LogP contribution in [0.25, 0.3) is 0 Å². The van der Waals surface area contributed by atoms with Gasteiger partial charge in [0.25, 0.3) is 0 Å². The van der Waals surface area contributed by atoms with Crippen LogP contribution in [0.2, 0.25) is 0 Å². The fraction of sp³-hybridized carbons (Fsp3) is 0.667. The molecular weight excluding hydrogens is 260 g/mol. The number of nitrogens with zero attached hydrogens (tertiary/aromatic N) is 1. The van der Waals surface area contributed by atoms with Gasteiger partial charge in [-0.05, 0) is 18.6 Å². The summed E-state index contributed by atoms with van der Waals surface area (Å²) in [5.41, 5.74) is 0.625. The number of carbonyl (C=O) groups excluding carboxylic acids is 1. The van der Waals surface area contributed by atoms with E-state index in [0.29, 0.717) is 5.56 Å². The first-order chi connectivity index (χ1) is 10.4. The number of unbranched alkanes of at least 4 members (excludes halogenated alkanes) is 9. The lowest BCUT2D eigenvalue weighted by Crippen LogP contribution is -2.03. The minimum Gasteiger partial charge on any atom is -0.370 e. The molecule has 0 aliphatic carbocycles. The summed E-state index contributed by atoms with van der Waals surface area (Å²) >= 11 is 0. The van der Waals surface area contributed by atoms with Crippen LogP contribution >= 0.6 is 0 Å². The van der Waals surface area contributed by atoms with Gasteiger partial charge in [-0.2, -0.15) is 0 Å². The Bertz CT molecular complexity index is 362. The van der Waals surface area contributed by atoms with E-state index in [2.05, 4.69) is 17.2 Å². The summed E-state index contributed by atoms with van der Waals surface area (Å²) in [7, 11) is 0. The number of hydrogen-bond donors (Lipinski definition) is 1. The van der Waals surface area contributed by atoms with Crippen LogP contribution in [-0.2, 0) is 0 Å². The van der Waals surface area contributed by atoms with Crippen LogP contribution in [0.15, 0.2) is 18.3 Å². The van der Waals surface area contributed by atoms with E-state index in [0.717, 1.165) is 18.6 Å². The molecule has 1 rings (SSSR count). The van der Waals surface area contributed by atoms with Gasteiger partial charge in [0, 0.05) is 18.3 Å². The highest BCUT2D eigenvalue weighted by Gasteiger charge is 1.95. The monoisotopic (exact) mass is 290 g/mol. The van der Waals surface area contributed by atoms with E-state index in [-0.39, 0.29) is 0 Å². The van der Waals surface area contributed by atoms with Crippen molar-refractivity contribution in [3.05, 3.63) is 23.9 Å². The van der Waals surface area contributed by atoms with E-state index in [9.17, 15) is 4.79 Å². The molecule has 1 aromatic rings. The maximum Gasteiger partial charge on any atom is 0.151 e. The van der Waals surface area contributed by atoms with E-state index >= 15 is 0 Å². The second-order valence-corrected chi connectivity index (χ2v) is 5.70. The Hall–Kier alpha value is -1.38. The van der Waals surface area contributed by atoms with Crippen LogP contribution in [0.3, 0.4) is 0 Å². The molecule has 3 heteroatoms. The van der Waals surface area contributed by atoms with Crippen LogP contribution in [-0.4, -0.2) is 17.8 Å². The molecule has 0 aromatic carbocycles. The summed E-state index contributed by atoms with van der Waals surface area (Å²) in [4.78, 5) is 14.7. The normalized spacial score (nSPS) is 10.5. The highest BCUT2D eigenvalue weighted by Crippen LogP contribution is 2.10. The van der Waals surface area contributed by atoms with E-state index in [1.54, 1.807) is 12.3 Å². The van der Waals surface area contributed by atoms with E-state index in [4.69, 9.17) is 0 Å². The van der Waals surface area contributed by atoms with Crippen molar-refractivity contribution in [2.75, 3.05) is 11.9 Å². The molecule has 0 spiro atoms. The molecule has 0 saturated heterocycles. The van der Waals surface area contributed by atoms with Crippen LogP contribution in [0.5, 0.6) is 0 Å². The highest BCUT2D eigenvalue weighted by atomic mass is 16.1. The number of rotatable bonds is 13. The number of aromatic nitrogens is 1. The first-order valence-electron chi connectivity index (χ1n) is 8.52. The molecule has 0 aliphatic heterocycles. The van der Waals surface area contributed by atoms with Gasteiger partial charge in [0.05, 0.1) is 0 Å². The average molecular weight is 290 g/mol. The molecule has 0 atom stereocenters. The zero-order valence-corrected chi connectivity index (χ0v) is 13.4. The van der Waals surface area contributed by atoms with Gasteiger partial charge in [0.1, 0.15) is 5.82 Å². The molecule has 0 amide bonds. The van der Waals surface area contributed by atoms with E-state index < -0.39 is 0 Å². The van der Waals surface area contributed by atoms with Gasteiger partial charge in [-0.1, -0.05) is 64.7 Å². The lowest BCUT2D eigenvalue weighted by molar-refractivity contribution is 0.112. The summed E-state index contributed by atoms with van der Waals surface area (Å²) in [5, 5.41) is 3.29. The number of hydrogen-bond acceptors (Lipinski definition) is 3. The minimum absolute atomic E-state index is 0.625. The van der Waals surface area contributed by atoms with Crippen molar-refractivity contribution in [2.24, 2.45) is 0 Å². The second-order valence-electron chi connectivity index (χ2n) is 5.70. The van der Waals surface area contributed by atoms with Gasteiger partial charge in [0.15, 0.2) is 6.29 Å². The van der Waals surface area contributed by atoms with Crippen LogP contribution in [0, 0.1) is 0 Å². The largest absolute Gasteiger partial charge is 0.370 e. The molecule has 21 heavy (non-hydrogen) atoms. The number of nitrogens with one attached hydrogen (secondary N) is 1. The maximum atomic E-state index is 10.5. The molecule has 0 aliphatic rings. The van der Waals surface area contributed by atoms with Crippen molar-refractivity contribution >= 4 is 12.1 Å². The molecule has 1 aromatic heterocycles. The fourth-order valence-corrected chi connectivity index (χ4v) is 2.41. The zero-order valence-electron chi connectivity index (χ0n) is 13.4. The topological polar surface area (TPSA) is 42.0 Å². The third-order valence-corrected chi connectivity index (χ3v) is 3.76. The van der Waals surface area contributed by atoms with Crippen LogP contribution < -0.4 is 5.32 Å². The van der Waals surface area contributed by atoms with Crippen molar-refractivity contribution in [1.82, 2.24) is 4.98 Å². The molecule has 0 fully saturated rings. The lowest BCUT2D eigenvalue weighted by Gasteiger charge is -2.05. The van der Waals surface area contributed by atoms with Crippen LogP contribution in [0.4, 0.5) is 5.82 Å². The molecule has 0 bridgehead atoms. The molecule has 3 nitrogen and oxygen atoms in total. The summed E-state index contributed by atoms with van der Waals surface area (Å²) in [5.74, 6) is 0.858. The number of anilines is 1. The second kappa shape index (κ2) is 12.4. The molecule has 118 valence electrons. The molecule has 0 radical (unpaired) electrons. The zero-order chi connectivity index (χ0) is 15.2. The van der Waals surface area contributed by atoms with Crippen molar-refractivity contribution in [2.45, 2.75) is 71.1 Å². The van der Waals surface area contributed by atoms with Gasteiger partial charge in [-0.25, -0.2) is 4.98 Å². The Labute approximate surface area is 129 Å². The van der Waals surface area contributed by atoms with Gasteiger partial charge in [-0.15, -0.1) is 0 Å². The maximum absolute atomic E-state index is 10.5. The first kappa shape index (κ1) is 17.7. The Morgan fingerprint density at radius 2 is 1.57 bits per heavy atom. The fourth-order valence-electron chi connectivity index (χ4n) is 2.41. The Morgan fingerprint density at radius 1 is 0.952 bits per heavy atom. The predicted molar refractivity (Wildman–Crippen MR) is 90.0 cm³/mol. The summed E-state index contributed by atoms with van der Waals surface area (Å²) in [6.07, 6.45) is 16.0. The number of aldehydes is 1. The van der Waals surface area contributed by atoms with E-state index in [1.807, 2.05) is 6.07 Å². The van der Waals surface area contributed by atoms with Gasteiger partial charge < -0.3 is 5.32 Å². The van der Waals surface area contributed by atoms with Gasteiger partial charge in [-0.3, -0.25) is 4.79 Å². The third-order valence-electron chi connectivity index (χ3n) is 3.76. The van der Waals surface area contributed by atoms with Gasteiger partial charge in [0.2, 0.25) is 0 Å². The summed E-state index contributed by atoms with van der Waals surface area (Å²) in [6.45, 7) is 3.23. The number of pyridine rings is 1. The van der Waals surface area contributed by atoms with E-state index in [1.165, 1.54) is 64.2 Å². The first-order valence-corrected chi connectivity index (χ1v) is 8.52. The molecule has 1 N–H and O–H groups in total. The third kappa shape index (κ3) is 9.22. The average Bonchev–Trinajstić information content (AvgIpc) is 2.53. The van der Waals surface area contributed by atoms with Crippen molar-refractivity contribution in [3.63, 3.8) is 0 Å².